The molecule has 1 N–H and O–H groups in total. The zero-order valence-corrected chi connectivity index (χ0v) is 12.7. The Balaban J connectivity index is 2.18. The summed E-state index contributed by atoms with van der Waals surface area (Å²) in [6, 6.07) is 13.4. The first kappa shape index (κ1) is 16.4. The van der Waals surface area contributed by atoms with Crippen LogP contribution < -0.4 is 0 Å². The van der Waals surface area contributed by atoms with Crippen LogP contribution in [0.3, 0.4) is 0 Å². The van der Waals surface area contributed by atoms with Crippen LogP contribution in [0.4, 0.5) is 0 Å². The molecule has 0 bridgehead atoms. The molecule has 0 fully saturated rings. The lowest BCUT2D eigenvalue weighted by atomic mass is 9.99. The van der Waals surface area contributed by atoms with Crippen molar-refractivity contribution < 1.29 is 19.5 Å². The van der Waals surface area contributed by atoms with Gasteiger partial charge in [-0.1, -0.05) is 48.5 Å². The highest BCUT2D eigenvalue weighted by Gasteiger charge is 2.10. The summed E-state index contributed by atoms with van der Waals surface area (Å²) < 4.78 is 0. The summed E-state index contributed by atoms with van der Waals surface area (Å²) in [6.45, 7) is 1.46. The van der Waals surface area contributed by atoms with Crippen molar-refractivity contribution in [2.24, 2.45) is 0 Å². The van der Waals surface area contributed by atoms with E-state index in [4.69, 9.17) is 5.11 Å². The minimum atomic E-state index is -1.04. The minimum absolute atomic E-state index is 0.0893. The highest BCUT2D eigenvalue weighted by molar-refractivity contribution is 6.01. The molecule has 4 heteroatoms. The summed E-state index contributed by atoms with van der Waals surface area (Å²) in [5.74, 6) is -1.33. The maximum atomic E-state index is 12.1. The zero-order valence-electron chi connectivity index (χ0n) is 12.7. The number of rotatable bonds is 6. The van der Waals surface area contributed by atoms with Crippen molar-refractivity contribution in [3.63, 3.8) is 0 Å². The van der Waals surface area contributed by atoms with Crippen LogP contribution in [0.1, 0.15) is 38.8 Å². The lowest BCUT2D eigenvalue weighted by Gasteiger charge is -2.04. The van der Waals surface area contributed by atoms with Crippen LogP contribution in [-0.2, 0) is 11.2 Å². The lowest BCUT2D eigenvalue weighted by Crippen LogP contribution is -2.05. The standard InChI is InChI=1S/C19H16O4/c1-13(20)17-8-4-3-7-15(17)12-16(21)11-10-14-6-2-5-9-18(14)19(22)23/h2-11H,12H2,1H3,(H,22,23)/b11-10+. The molecule has 0 unspecified atom stereocenters. The molecule has 0 amide bonds. The average molecular weight is 308 g/mol. The third-order valence-electron chi connectivity index (χ3n) is 3.40. The lowest BCUT2D eigenvalue weighted by molar-refractivity contribution is -0.113. The van der Waals surface area contributed by atoms with Crippen molar-refractivity contribution >= 4 is 23.6 Å². The Morgan fingerprint density at radius 2 is 1.57 bits per heavy atom. The van der Waals surface area contributed by atoms with Gasteiger partial charge in [0.2, 0.25) is 0 Å². The molecule has 2 rings (SSSR count). The van der Waals surface area contributed by atoms with Gasteiger partial charge in [-0.15, -0.1) is 0 Å². The number of carbonyl (C=O) groups is 3. The van der Waals surface area contributed by atoms with E-state index in [0.717, 1.165) is 0 Å². The van der Waals surface area contributed by atoms with Gasteiger partial charge in [0.15, 0.2) is 11.6 Å². The van der Waals surface area contributed by atoms with Crippen molar-refractivity contribution in [1.82, 2.24) is 0 Å². The molecule has 0 aliphatic heterocycles. The van der Waals surface area contributed by atoms with E-state index in [1.165, 1.54) is 25.1 Å². The molecule has 0 saturated carbocycles. The van der Waals surface area contributed by atoms with E-state index in [1.54, 1.807) is 42.5 Å². The van der Waals surface area contributed by atoms with Gasteiger partial charge in [-0.3, -0.25) is 9.59 Å². The predicted molar refractivity (Wildman–Crippen MR) is 87.6 cm³/mol. The van der Waals surface area contributed by atoms with E-state index in [2.05, 4.69) is 0 Å². The third kappa shape index (κ3) is 4.23. The van der Waals surface area contributed by atoms with Crippen molar-refractivity contribution in [2.45, 2.75) is 13.3 Å². The van der Waals surface area contributed by atoms with Gasteiger partial charge in [0, 0.05) is 12.0 Å². The van der Waals surface area contributed by atoms with Gasteiger partial charge in [-0.25, -0.2) is 4.79 Å². The van der Waals surface area contributed by atoms with Crippen LogP contribution in [0.15, 0.2) is 54.6 Å². The fraction of sp³-hybridized carbons (Fsp3) is 0.105. The number of carboxylic acid groups (broad SMARTS) is 1. The molecule has 0 spiro atoms. The van der Waals surface area contributed by atoms with Gasteiger partial charge in [-0.05, 0) is 30.2 Å². The zero-order chi connectivity index (χ0) is 16.8. The van der Waals surface area contributed by atoms with Crippen LogP contribution in [0.25, 0.3) is 6.08 Å². The third-order valence-corrected chi connectivity index (χ3v) is 3.40. The molecule has 0 aromatic heterocycles. The van der Waals surface area contributed by atoms with Crippen LogP contribution in [0.5, 0.6) is 0 Å². The second kappa shape index (κ2) is 7.31. The van der Waals surface area contributed by atoms with Crippen molar-refractivity contribution in [3.8, 4) is 0 Å². The highest BCUT2D eigenvalue weighted by atomic mass is 16.4. The Kier molecular flexibility index (Phi) is 5.20. The van der Waals surface area contributed by atoms with Crippen LogP contribution in [-0.4, -0.2) is 22.6 Å². The predicted octanol–water partition coefficient (Wildman–Crippen LogP) is 3.41. The minimum Gasteiger partial charge on any atom is -0.478 e. The fourth-order valence-electron chi connectivity index (χ4n) is 2.28. The molecular weight excluding hydrogens is 292 g/mol. The van der Waals surface area contributed by atoms with E-state index in [-0.39, 0.29) is 23.6 Å². The summed E-state index contributed by atoms with van der Waals surface area (Å²) >= 11 is 0. The number of Topliss-reactive ketones (excluding diaryl/α,β-unsaturated/α-hetero) is 1. The summed E-state index contributed by atoms with van der Waals surface area (Å²) in [6.07, 6.45) is 2.93. The Bertz CT molecular complexity index is 787. The number of hydrogen-bond donors (Lipinski definition) is 1. The maximum Gasteiger partial charge on any atom is 0.336 e. The molecule has 0 atom stereocenters. The number of hydrogen-bond acceptors (Lipinski definition) is 3. The van der Waals surface area contributed by atoms with Gasteiger partial charge < -0.3 is 5.11 Å². The van der Waals surface area contributed by atoms with Crippen LogP contribution in [0.2, 0.25) is 0 Å². The molecule has 4 nitrogen and oxygen atoms in total. The monoisotopic (exact) mass is 308 g/mol. The van der Waals surface area contributed by atoms with Gasteiger partial charge in [0.05, 0.1) is 5.56 Å². The Hall–Kier alpha value is -3.01. The van der Waals surface area contributed by atoms with Crippen LogP contribution >= 0.6 is 0 Å². The Morgan fingerprint density at radius 1 is 0.957 bits per heavy atom. The van der Waals surface area contributed by atoms with E-state index >= 15 is 0 Å². The first-order valence-corrected chi connectivity index (χ1v) is 7.11. The molecular formula is C19H16O4. The quantitative estimate of drug-likeness (QED) is 0.655. The largest absolute Gasteiger partial charge is 0.478 e. The second-order valence-electron chi connectivity index (χ2n) is 5.08. The summed E-state index contributed by atoms with van der Waals surface area (Å²) in [5.41, 5.74) is 1.80. The summed E-state index contributed by atoms with van der Waals surface area (Å²) in [4.78, 5) is 34.8. The fourth-order valence-corrected chi connectivity index (χ4v) is 2.28. The number of benzene rings is 2. The topological polar surface area (TPSA) is 71.4 Å². The first-order valence-electron chi connectivity index (χ1n) is 7.11. The van der Waals surface area contributed by atoms with Gasteiger partial charge >= 0.3 is 5.97 Å². The molecule has 0 aliphatic rings. The number of ketones is 2. The molecule has 116 valence electrons. The molecule has 23 heavy (non-hydrogen) atoms. The smallest absolute Gasteiger partial charge is 0.336 e. The van der Waals surface area contributed by atoms with Gasteiger partial charge in [-0.2, -0.15) is 0 Å². The highest BCUT2D eigenvalue weighted by Crippen LogP contribution is 2.13. The van der Waals surface area contributed by atoms with Crippen LogP contribution in [0, 0.1) is 0 Å². The number of carbonyl (C=O) groups excluding carboxylic acids is 2. The normalized spacial score (nSPS) is 10.7. The molecule has 0 radical (unpaired) electrons. The van der Waals surface area contributed by atoms with E-state index < -0.39 is 5.97 Å². The molecule has 2 aromatic rings. The second-order valence-corrected chi connectivity index (χ2v) is 5.08. The van der Waals surface area contributed by atoms with Gasteiger partial charge in [0.25, 0.3) is 0 Å². The molecule has 0 aliphatic carbocycles. The SMILES string of the molecule is CC(=O)c1ccccc1CC(=O)/C=C/c1ccccc1C(=O)O. The van der Waals surface area contributed by atoms with Crippen molar-refractivity contribution in [2.75, 3.05) is 0 Å². The number of carboxylic acids is 1. The van der Waals surface area contributed by atoms with E-state index in [0.29, 0.717) is 16.7 Å². The molecule has 0 heterocycles. The molecule has 2 aromatic carbocycles. The summed E-state index contributed by atoms with van der Waals surface area (Å²) in [7, 11) is 0. The Labute approximate surface area is 134 Å². The van der Waals surface area contributed by atoms with E-state index in [9.17, 15) is 14.4 Å². The first-order chi connectivity index (χ1) is 11.0. The van der Waals surface area contributed by atoms with Crippen molar-refractivity contribution in [3.05, 3.63) is 76.9 Å². The van der Waals surface area contributed by atoms with Gasteiger partial charge in [0.1, 0.15) is 0 Å². The molecule has 0 saturated heterocycles. The van der Waals surface area contributed by atoms with E-state index in [1.807, 2.05) is 0 Å². The number of aromatic carboxylic acids is 1. The summed E-state index contributed by atoms with van der Waals surface area (Å²) in [5, 5.41) is 9.11. The Morgan fingerprint density at radius 3 is 2.22 bits per heavy atom. The number of allylic oxidation sites excluding steroid dienone is 1. The van der Waals surface area contributed by atoms with Crippen molar-refractivity contribution in [1.29, 1.82) is 0 Å². The average Bonchev–Trinajstić information content (AvgIpc) is 2.53. The maximum absolute atomic E-state index is 12.1.